The normalized spacial score (nSPS) is 11.6. The Labute approximate surface area is 135 Å². The molecule has 0 aromatic carbocycles. The van der Waals surface area contributed by atoms with Gasteiger partial charge in [-0.05, 0) is 19.9 Å². The summed E-state index contributed by atoms with van der Waals surface area (Å²) >= 11 is 0. The average molecular weight is 335 g/mol. The Morgan fingerprint density at radius 1 is 1.29 bits per heavy atom. The average Bonchev–Trinajstić information content (AvgIpc) is 2.97. The number of nitrogens with zero attached hydrogens (tertiary/aromatic N) is 5. The largest absolute Gasteiger partial charge is 0.480 e. The number of alkyl halides is 2. The van der Waals surface area contributed by atoms with Crippen LogP contribution in [-0.2, 0) is 18.4 Å². The lowest BCUT2D eigenvalue weighted by Gasteiger charge is -2.07. The first-order valence-corrected chi connectivity index (χ1v) is 7.16. The first-order chi connectivity index (χ1) is 11.3. The van der Waals surface area contributed by atoms with E-state index < -0.39 is 18.9 Å². The minimum absolute atomic E-state index is 0.131. The first kappa shape index (κ1) is 16.0. The van der Waals surface area contributed by atoms with Crippen LogP contribution in [0.1, 0.15) is 23.4 Å². The zero-order chi connectivity index (χ0) is 17.6. The number of pyridine rings is 1. The fourth-order valence-corrected chi connectivity index (χ4v) is 2.79. The lowest BCUT2D eigenvalue weighted by molar-refractivity contribution is -0.137. The molecule has 0 aliphatic carbocycles. The molecule has 0 unspecified atom stereocenters. The van der Waals surface area contributed by atoms with E-state index in [9.17, 15) is 13.6 Å². The van der Waals surface area contributed by atoms with Gasteiger partial charge in [-0.2, -0.15) is 10.2 Å². The van der Waals surface area contributed by atoms with Gasteiger partial charge < -0.3 is 5.11 Å². The number of aromatic nitrogens is 5. The summed E-state index contributed by atoms with van der Waals surface area (Å²) < 4.78 is 29.8. The van der Waals surface area contributed by atoms with Gasteiger partial charge in [-0.15, -0.1) is 0 Å². The molecule has 0 bridgehead atoms. The van der Waals surface area contributed by atoms with Crippen LogP contribution in [0.3, 0.4) is 0 Å². The van der Waals surface area contributed by atoms with Gasteiger partial charge in [0.15, 0.2) is 5.65 Å². The second-order valence-electron chi connectivity index (χ2n) is 5.53. The van der Waals surface area contributed by atoms with Crippen molar-refractivity contribution in [1.29, 1.82) is 0 Å². The van der Waals surface area contributed by atoms with E-state index in [-0.39, 0.29) is 16.6 Å². The highest BCUT2D eigenvalue weighted by molar-refractivity contribution is 5.86. The second-order valence-corrected chi connectivity index (χ2v) is 5.53. The van der Waals surface area contributed by atoms with E-state index in [4.69, 9.17) is 5.11 Å². The molecule has 0 aliphatic heterocycles. The monoisotopic (exact) mass is 335 g/mol. The summed E-state index contributed by atoms with van der Waals surface area (Å²) in [6.45, 7) is 2.86. The van der Waals surface area contributed by atoms with Crippen molar-refractivity contribution >= 4 is 17.0 Å². The van der Waals surface area contributed by atoms with Gasteiger partial charge in [0, 0.05) is 24.4 Å². The smallest absolute Gasteiger partial charge is 0.325 e. The molecule has 24 heavy (non-hydrogen) atoms. The molecule has 3 rings (SSSR count). The molecule has 3 aromatic rings. The third-order valence-corrected chi connectivity index (χ3v) is 3.72. The molecule has 0 saturated heterocycles. The maximum Gasteiger partial charge on any atom is 0.325 e. The van der Waals surface area contributed by atoms with Crippen molar-refractivity contribution in [2.24, 2.45) is 7.05 Å². The fraction of sp³-hybridized carbons (Fsp3) is 0.333. The number of hydrogen-bond acceptors (Lipinski definition) is 4. The van der Waals surface area contributed by atoms with Crippen LogP contribution >= 0.6 is 0 Å². The highest BCUT2D eigenvalue weighted by Gasteiger charge is 2.22. The van der Waals surface area contributed by atoms with Crippen LogP contribution in [0.4, 0.5) is 8.78 Å². The van der Waals surface area contributed by atoms with Crippen LogP contribution in [-0.4, -0.2) is 35.6 Å². The highest BCUT2D eigenvalue weighted by Crippen LogP contribution is 2.33. The molecular weight excluding hydrogens is 320 g/mol. The van der Waals surface area contributed by atoms with Crippen molar-refractivity contribution in [2.75, 3.05) is 0 Å². The van der Waals surface area contributed by atoms with Gasteiger partial charge in [0.05, 0.1) is 22.5 Å². The standard InChI is InChI=1S/C15H15F2N5O2/c1-7-10(5-21(3)19-7)11-4-9(14(16)17)13-8(2)20-22(6-12(23)24)15(13)18-11/h4-5,14H,6H2,1-3H3,(H,23,24). The molecule has 3 aromatic heterocycles. The number of halogens is 2. The quantitative estimate of drug-likeness (QED) is 0.791. The second kappa shape index (κ2) is 5.66. The number of aryl methyl sites for hydroxylation is 3. The molecule has 0 aliphatic rings. The molecule has 0 radical (unpaired) electrons. The minimum Gasteiger partial charge on any atom is -0.480 e. The molecule has 1 N–H and O–H groups in total. The maximum atomic E-state index is 13.5. The summed E-state index contributed by atoms with van der Waals surface area (Å²) in [5.74, 6) is -1.12. The number of carboxylic acid groups (broad SMARTS) is 1. The van der Waals surface area contributed by atoms with Crippen LogP contribution < -0.4 is 0 Å². The van der Waals surface area contributed by atoms with E-state index in [1.54, 1.807) is 31.8 Å². The van der Waals surface area contributed by atoms with E-state index in [1.807, 2.05) is 0 Å². The molecular formula is C15H15F2N5O2. The number of carboxylic acids is 1. The van der Waals surface area contributed by atoms with Crippen molar-refractivity contribution in [3.63, 3.8) is 0 Å². The first-order valence-electron chi connectivity index (χ1n) is 7.16. The molecule has 0 fully saturated rings. The molecule has 0 spiro atoms. The molecule has 0 atom stereocenters. The van der Waals surface area contributed by atoms with Gasteiger partial charge in [0.1, 0.15) is 6.54 Å². The third kappa shape index (κ3) is 2.61. The Balaban J connectivity index is 2.32. The summed E-state index contributed by atoms with van der Waals surface area (Å²) in [5, 5.41) is 17.4. The number of carbonyl (C=O) groups is 1. The van der Waals surface area contributed by atoms with Crippen molar-refractivity contribution in [3.05, 3.63) is 29.2 Å². The number of aliphatic carboxylic acids is 1. The Bertz CT molecular complexity index is 945. The third-order valence-electron chi connectivity index (χ3n) is 3.72. The molecule has 3 heterocycles. The van der Waals surface area contributed by atoms with Crippen LogP contribution in [0.25, 0.3) is 22.3 Å². The van der Waals surface area contributed by atoms with Crippen molar-refractivity contribution in [3.8, 4) is 11.3 Å². The maximum absolute atomic E-state index is 13.5. The number of fused-ring (bicyclic) bond motifs is 1. The van der Waals surface area contributed by atoms with Gasteiger partial charge in [0.25, 0.3) is 6.43 Å². The Morgan fingerprint density at radius 2 is 2.00 bits per heavy atom. The topological polar surface area (TPSA) is 85.8 Å². The molecule has 9 heteroatoms. The van der Waals surface area contributed by atoms with Crippen LogP contribution in [0.2, 0.25) is 0 Å². The van der Waals surface area contributed by atoms with Gasteiger partial charge in [-0.3, -0.25) is 9.48 Å². The Hall–Kier alpha value is -2.84. The minimum atomic E-state index is -2.73. The molecule has 7 nitrogen and oxygen atoms in total. The van der Waals surface area contributed by atoms with Gasteiger partial charge in [-0.1, -0.05) is 0 Å². The highest BCUT2D eigenvalue weighted by atomic mass is 19.3. The van der Waals surface area contributed by atoms with Crippen molar-refractivity contribution in [2.45, 2.75) is 26.8 Å². The summed E-state index contributed by atoms with van der Waals surface area (Å²) in [6.07, 6.45) is -1.05. The zero-order valence-electron chi connectivity index (χ0n) is 13.3. The number of hydrogen-bond donors (Lipinski definition) is 1. The predicted molar refractivity (Wildman–Crippen MR) is 81.8 cm³/mol. The summed E-state index contributed by atoms with van der Waals surface area (Å²) in [7, 11) is 1.72. The fourth-order valence-electron chi connectivity index (χ4n) is 2.79. The van der Waals surface area contributed by atoms with Crippen molar-refractivity contribution in [1.82, 2.24) is 24.5 Å². The molecule has 0 amide bonds. The van der Waals surface area contributed by atoms with E-state index in [0.717, 1.165) is 4.68 Å². The van der Waals surface area contributed by atoms with Gasteiger partial charge in [-0.25, -0.2) is 18.4 Å². The Morgan fingerprint density at radius 3 is 2.54 bits per heavy atom. The summed E-state index contributed by atoms with van der Waals surface area (Å²) in [4.78, 5) is 15.4. The van der Waals surface area contributed by atoms with E-state index in [1.165, 1.54) is 6.07 Å². The van der Waals surface area contributed by atoms with Crippen LogP contribution in [0.15, 0.2) is 12.3 Å². The van der Waals surface area contributed by atoms with E-state index in [2.05, 4.69) is 15.2 Å². The summed E-state index contributed by atoms with van der Waals surface area (Å²) in [6, 6.07) is 1.32. The van der Waals surface area contributed by atoms with Gasteiger partial charge in [0.2, 0.25) is 0 Å². The Kier molecular flexibility index (Phi) is 3.78. The predicted octanol–water partition coefficient (Wildman–Crippen LogP) is 2.47. The lowest BCUT2D eigenvalue weighted by Crippen LogP contribution is -2.11. The lowest BCUT2D eigenvalue weighted by atomic mass is 10.1. The number of rotatable bonds is 4. The van der Waals surface area contributed by atoms with E-state index >= 15 is 0 Å². The van der Waals surface area contributed by atoms with Gasteiger partial charge >= 0.3 is 5.97 Å². The van der Waals surface area contributed by atoms with Crippen LogP contribution in [0, 0.1) is 13.8 Å². The SMILES string of the molecule is Cc1nn(C)cc1-c1cc(C(F)F)c2c(C)nn(CC(=O)O)c2n1. The van der Waals surface area contributed by atoms with Crippen molar-refractivity contribution < 1.29 is 18.7 Å². The van der Waals surface area contributed by atoms with E-state index in [0.29, 0.717) is 22.6 Å². The molecule has 126 valence electrons. The molecule has 0 saturated carbocycles. The summed E-state index contributed by atoms with van der Waals surface area (Å²) in [5.41, 5.74) is 1.81. The van der Waals surface area contributed by atoms with Crippen LogP contribution in [0.5, 0.6) is 0 Å². The zero-order valence-corrected chi connectivity index (χ0v) is 13.3.